The van der Waals surface area contributed by atoms with E-state index in [2.05, 4.69) is 20.2 Å². The van der Waals surface area contributed by atoms with Crippen LogP contribution in [0.2, 0.25) is 0 Å². The van der Waals surface area contributed by atoms with Crippen LogP contribution in [0.15, 0.2) is 47.9 Å². The third-order valence-corrected chi connectivity index (χ3v) is 5.03. The maximum atomic E-state index is 12.5. The lowest BCUT2D eigenvalue weighted by Crippen LogP contribution is -2.28. The highest BCUT2D eigenvalue weighted by atomic mass is 32.2. The van der Waals surface area contributed by atoms with Crippen molar-refractivity contribution in [1.82, 2.24) is 25.1 Å². The summed E-state index contributed by atoms with van der Waals surface area (Å²) in [6.07, 6.45) is 3.39. The number of ether oxygens (including phenoxy) is 2. The smallest absolute Gasteiger partial charge is 0.233 e. The molecule has 3 aromatic rings. The summed E-state index contributed by atoms with van der Waals surface area (Å²) < 4.78 is 11.1. The van der Waals surface area contributed by atoms with Crippen LogP contribution in [0.4, 0.5) is 0 Å². The highest BCUT2D eigenvalue weighted by Crippen LogP contribution is 2.31. The second kappa shape index (κ2) is 8.30. The molecule has 0 unspecified atom stereocenters. The van der Waals surface area contributed by atoms with Gasteiger partial charge < -0.3 is 14.4 Å². The average molecular weight is 397 g/mol. The van der Waals surface area contributed by atoms with Gasteiger partial charge in [-0.3, -0.25) is 14.9 Å². The number of aromatic amines is 1. The highest BCUT2D eigenvalue weighted by Gasteiger charge is 2.15. The molecule has 0 saturated carbocycles. The number of benzene rings is 1. The summed E-state index contributed by atoms with van der Waals surface area (Å²) in [5.41, 5.74) is 1.89. The van der Waals surface area contributed by atoms with E-state index < -0.39 is 0 Å². The van der Waals surface area contributed by atoms with Crippen molar-refractivity contribution in [3.63, 3.8) is 0 Å². The molecule has 1 amide bonds. The number of thioether (sulfide) groups is 1. The highest BCUT2D eigenvalue weighted by molar-refractivity contribution is 7.99. The largest absolute Gasteiger partial charge is 0.486 e. The molecule has 2 aromatic heterocycles. The molecule has 1 N–H and O–H groups in total. The molecule has 144 valence electrons. The predicted octanol–water partition coefficient (Wildman–Crippen LogP) is 2.39. The quantitative estimate of drug-likeness (QED) is 0.638. The number of rotatable bonds is 6. The van der Waals surface area contributed by atoms with Crippen molar-refractivity contribution in [2.45, 2.75) is 11.7 Å². The minimum Gasteiger partial charge on any atom is -0.486 e. The van der Waals surface area contributed by atoms with Crippen molar-refractivity contribution in [3.05, 3.63) is 48.3 Å². The monoisotopic (exact) mass is 397 g/mol. The van der Waals surface area contributed by atoms with Crippen molar-refractivity contribution in [2.24, 2.45) is 0 Å². The average Bonchev–Trinajstić information content (AvgIpc) is 3.21. The number of amides is 1. The van der Waals surface area contributed by atoms with Gasteiger partial charge in [-0.2, -0.15) is 0 Å². The second-order valence-electron chi connectivity index (χ2n) is 6.22. The van der Waals surface area contributed by atoms with Crippen molar-refractivity contribution in [2.75, 3.05) is 26.0 Å². The van der Waals surface area contributed by atoms with Crippen LogP contribution in [-0.4, -0.2) is 57.0 Å². The molecule has 3 heterocycles. The van der Waals surface area contributed by atoms with E-state index in [1.807, 2.05) is 30.3 Å². The van der Waals surface area contributed by atoms with Crippen molar-refractivity contribution >= 4 is 17.7 Å². The van der Waals surface area contributed by atoms with Crippen LogP contribution in [0.1, 0.15) is 5.56 Å². The van der Waals surface area contributed by atoms with Gasteiger partial charge >= 0.3 is 0 Å². The van der Waals surface area contributed by atoms with Crippen molar-refractivity contribution in [3.8, 4) is 22.9 Å². The standard InChI is InChI=1S/C19H19N5O3S/c1-24(11-13-2-3-15-16(10-13)27-9-8-26-15)17(25)12-28-19-21-18(22-23-19)14-4-6-20-7-5-14/h2-7,10H,8-9,11-12H2,1H3,(H,21,22,23). The fraction of sp³-hybridized carbons (Fsp3) is 0.263. The van der Waals surface area contributed by atoms with Crippen LogP contribution in [0.5, 0.6) is 11.5 Å². The third kappa shape index (κ3) is 4.25. The van der Waals surface area contributed by atoms with E-state index in [9.17, 15) is 4.79 Å². The van der Waals surface area contributed by atoms with Gasteiger partial charge in [0.05, 0.1) is 5.75 Å². The number of carbonyl (C=O) groups excluding carboxylic acids is 1. The summed E-state index contributed by atoms with van der Waals surface area (Å²) in [4.78, 5) is 22.5. The lowest BCUT2D eigenvalue weighted by Gasteiger charge is -2.21. The Morgan fingerprint density at radius 2 is 1.96 bits per heavy atom. The number of nitrogens with one attached hydrogen (secondary N) is 1. The predicted molar refractivity (Wildman–Crippen MR) is 104 cm³/mol. The maximum Gasteiger partial charge on any atom is 0.233 e. The summed E-state index contributed by atoms with van der Waals surface area (Å²) in [7, 11) is 1.78. The van der Waals surface area contributed by atoms with Crippen LogP contribution in [0.25, 0.3) is 11.4 Å². The SMILES string of the molecule is CN(Cc1ccc2c(c1)OCCO2)C(=O)CSc1n[nH]c(-c2ccncc2)n1. The summed E-state index contributed by atoms with van der Waals surface area (Å²) >= 11 is 1.30. The van der Waals surface area contributed by atoms with Gasteiger partial charge in [0.25, 0.3) is 0 Å². The first-order valence-electron chi connectivity index (χ1n) is 8.77. The number of hydrogen-bond donors (Lipinski definition) is 1. The van der Waals surface area contributed by atoms with E-state index >= 15 is 0 Å². The first-order chi connectivity index (χ1) is 13.7. The van der Waals surface area contributed by atoms with E-state index in [4.69, 9.17) is 9.47 Å². The van der Waals surface area contributed by atoms with E-state index in [0.717, 1.165) is 22.6 Å². The number of pyridine rings is 1. The Bertz CT molecular complexity index is 963. The number of carbonyl (C=O) groups is 1. The number of aromatic nitrogens is 4. The fourth-order valence-electron chi connectivity index (χ4n) is 2.73. The Morgan fingerprint density at radius 1 is 1.18 bits per heavy atom. The molecule has 28 heavy (non-hydrogen) atoms. The Balaban J connectivity index is 1.32. The van der Waals surface area contributed by atoms with Gasteiger partial charge in [-0.1, -0.05) is 17.8 Å². The topological polar surface area (TPSA) is 93.2 Å². The summed E-state index contributed by atoms with van der Waals surface area (Å²) in [5.74, 6) is 2.38. The first kappa shape index (κ1) is 18.3. The Labute approximate surface area is 166 Å². The Kier molecular flexibility index (Phi) is 5.43. The van der Waals surface area contributed by atoms with Gasteiger partial charge in [0.15, 0.2) is 17.3 Å². The maximum absolute atomic E-state index is 12.5. The van der Waals surface area contributed by atoms with E-state index in [1.165, 1.54) is 11.8 Å². The molecule has 0 fully saturated rings. The van der Waals surface area contributed by atoms with Gasteiger partial charge in [0, 0.05) is 31.5 Å². The van der Waals surface area contributed by atoms with Crippen molar-refractivity contribution in [1.29, 1.82) is 0 Å². The summed E-state index contributed by atoms with van der Waals surface area (Å²) in [6, 6.07) is 9.44. The van der Waals surface area contributed by atoms with E-state index in [0.29, 0.717) is 30.7 Å². The molecule has 0 radical (unpaired) electrons. The van der Waals surface area contributed by atoms with Gasteiger partial charge in [-0.25, -0.2) is 4.98 Å². The Hall–Kier alpha value is -3.07. The molecule has 1 aromatic carbocycles. The Morgan fingerprint density at radius 3 is 2.79 bits per heavy atom. The van der Waals surface area contributed by atoms with Crippen molar-refractivity contribution < 1.29 is 14.3 Å². The molecule has 0 saturated heterocycles. The zero-order valence-corrected chi connectivity index (χ0v) is 16.1. The molecule has 9 heteroatoms. The van der Waals surface area contributed by atoms with Gasteiger partial charge in [-0.15, -0.1) is 5.10 Å². The molecule has 8 nitrogen and oxygen atoms in total. The molecule has 0 spiro atoms. The normalized spacial score (nSPS) is 12.6. The fourth-order valence-corrected chi connectivity index (χ4v) is 3.47. The molecular weight excluding hydrogens is 378 g/mol. The third-order valence-electron chi connectivity index (χ3n) is 4.20. The molecule has 0 aliphatic carbocycles. The molecule has 1 aliphatic rings. The molecular formula is C19H19N5O3S. The van der Waals surface area contributed by atoms with Crippen LogP contribution in [0, 0.1) is 0 Å². The minimum atomic E-state index is -0.00449. The van der Waals surface area contributed by atoms with Crippen LogP contribution >= 0.6 is 11.8 Å². The molecule has 0 atom stereocenters. The molecule has 1 aliphatic heterocycles. The van der Waals surface area contributed by atoms with E-state index in [1.54, 1.807) is 24.3 Å². The zero-order chi connectivity index (χ0) is 19.3. The van der Waals surface area contributed by atoms with Crippen LogP contribution in [0.3, 0.4) is 0 Å². The van der Waals surface area contributed by atoms with Gasteiger partial charge in [0.2, 0.25) is 11.1 Å². The summed E-state index contributed by atoms with van der Waals surface area (Å²) in [6.45, 7) is 1.60. The lowest BCUT2D eigenvalue weighted by atomic mass is 10.2. The second-order valence-corrected chi connectivity index (χ2v) is 7.16. The first-order valence-corrected chi connectivity index (χ1v) is 9.76. The number of nitrogens with zero attached hydrogens (tertiary/aromatic N) is 4. The van der Waals surface area contributed by atoms with E-state index in [-0.39, 0.29) is 11.7 Å². The zero-order valence-electron chi connectivity index (χ0n) is 15.3. The minimum absolute atomic E-state index is 0.00449. The number of H-pyrrole nitrogens is 1. The van der Waals surface area contributed by atoms with Gasteiger partial charge in [-0.05, 0) is 29.8 Å². The summed E-state index contributed by atoms with van der Waals surface area (Å²) in [5, 5.41) is 7.58. The molecule has 4 rings (SSSR count). The molecule has 0 bridgehead atoms. The number of hydrogen-bond acceptors (Lipinski definition) is 7. The lowest BCUT2D eigenvalue weighted by molar-refractivity contribution is -0.127. The number of fused-ring (bicyclic) bond motifs is 1. The van der Waals surface area contributed by atoms with Crippen LogP contribution < -0.4 is 9.47 Å². The van der Waals surface area contributed by atoms with Gasteiger partial charge in [0.1, 0.15) is 13.2 Å². The van der Waals surface area contributed by atoms with Crippen LogP contribution in [-0.2, 0) is 11.3 Å².